The van der Waals surface area contributed by atoms with Gasteiger partial charge in [-0.1, -0.05) is 12.1 Å². The predicted molar refractivity (Wildman–Crippen MR) is 124 cm³/mol. The van der Waals surface area contributed by atoms with E-state index in [-0.39, 0.29) is 29.9 Å². The van der Waals surface area contributed by atoms with E-state index in [2.05, 4.69) is 10.6 Å². The maximum Gasteiger partial charge on any atom is 0.308 e. The maximum absolute atomic E-state index is 14.8. The number of hydrogen-bond donors (Lipinski definition) is 3. The van der Waals surface area contributed by atoms with Crippen molar-refractivity contribution < 1.29 is 19.1 Å². The van der Waals surface area contributed by atoms with E-state index < -0.39 is 11.9 Å². The molecule has 0 radical (unpaired) electrons. The first kappa shape index (κ1) is 24.1. The van der Waals surface area contributed by atoms with Crippen molar-refractivity contribution >= 4 is 23.6 Å². The first-order valence-electron chi connectivity index (χ1n) is 10.4. The van der Waals surface area contributed by atoms with Gasteiger partial charge in [0.1, 0.15) is 5.82 Å². The van der Waals surface area contributed by atoms with Gasteiger partial charge >= 0.3 is 5.97 Å². The molecule has 2 aromatic rings. The molecular weight excluding hydrogens is 395 g/mol. The number of aryl methyl sites for hydroxylation is 2. The molecule has 2 rings (SSSR count). The molecule has 166 valence electrons. The van der Waals surface area contributed by atoms with Gasteiger partial charge in [-0.15, -0.1) is 0 Å². The Kier molecular flexibility index (Phi) is 7.97. The summed E-state index contributed by atoms with van der Waals surface area (Å²) >= 11 is 0. The van der Waals surface area contributed by atoms with E-state index in [1.54, 1.807) is 12.1 Å². The Bertz CT molecular complexity index is 1010. The first-order valence-corrected chi connectivity index (χ1v) is 10.4. The van der Waals surface area contributed by atoms with Gasteiger partial charge in [0, 0.05) is 28.9 Å². The highest BCUT2D eigenvalue weighted by molar-refractivity contribution is 6.01. The molecule has 31 heavy (non-hydrogen) atoms. The summed E-state index contributed by atoms with van der Waals surface area (Å²) in [6.07, 6.45) is 1.22. The summed E-state index contributed by atoms with van der Waals surface area (Å²) in [5, 5.41) is 15.1. The molecule has 0 saturated carbocycles. The predicted octanol–water partition coefficient (Wildman–Crippen LogP) is 5.31. The first-order chi connectivity index (χ1) is 14.5. The molecule has 3 N–H and O–H groups in total. The summed E-state index contributed by atoms with van der Waals surface area (Å²) in [7, 11) is 0. The summed E-state index contributed by atoms with van der Waals surface area (Å²) < 4.78 is 14.8. The number of aliphatic carboxylic acids is 1. The highest BCUT2D eigenvalue weighted by Gasteiger charge is 2.16. The van der Waals surface area contributed by atoms with Gasteiger partial charge in [0.2, 0.25) is 5.91 Å². The Morgan fingerprint density at radius 3 is 2.23 bits per heavy atom. The van der Waals surface area contributed by atoms with Gasteiger partial charge < -0.3 is 15.7 Å². The average molecular weight is 427 g/mol. The molecule has 0 fully saturated rings. The number of carboxylic acids is 1. The third kappa shape index (κ3) is 6.67. The second-order valence-corrected chi connectivity index (χ2v) is 8.39. The van der Waals surface area contributed by atoms with Crippen LogP contribution in [0.15, 0.2) is 35.9 Å². The number of benzene rings is 2. The number of carboxylic acid groups (broad SMARTS) is 1. The molecule has 0 aliphatic carbocycles. The van der Waals surface area contributed by atoms with Crippen molar-refractivity contribution in [1.82, 2.24) is 5.32 Å². The molecule has 0 aromatic heterocycles. The quantitative estimate of drug-likeness (QED) is 0.500. The van der Waals surface area contributed by atoms with Gasteiger partial charge in [-0.05, 0) is 88.1 Å². The molecule has 0 saturated heterocycles. The summed E-state index contributed by atoms with van der Waals surface area (Å²) in [6, 6.07) is 8.91. The monoisotopic (exact) mass is 426 g/mol. The van der Waals surface area contributed by atoms with Crippen LogP contribution in [0.3, 0.4) is 0 Å². The smallest absolute Gasteiger partial charge is 0.308 e. The minimum absolute atomic E-state index is 0.106. The SMILES string of the molecule is Cc1cc(-c2ccc(NC(C)C)cc2F)c(C)cc1C=C(CC(=O)O)C(=O)NC(C)C. The van der Waals surface area contributed by atoms with Crippen molar-refractivity contribution in [3.05, 3.63) is 58.4 Å². The van der Waals surface area contributed by atoms with Gasteiger partial charge in [0.15, 0.2) is 0 Å². The molecule has 6 heteroatoms. The molecular formula is C25H31FN2O3. The van der Waals surface area contributed by atoms with Crippen LogP contribution in [-0.4, -0.2) is 29.1 Å². The van der Waals surface area contributed by atoms with Gasteiger partial charge in [-0.3, -0.25) is 9.59 Å². The maximum atomic E-state index is 14.8. The molecule has 0 atom stereocenters. The third-order valence-electron chi connectivity index (χ3n) is 4.71. The van der Waals surface area contributed by atoms with Crippen LogP contribution in [0, 0.1) is 19.7 Å². The zero-order chi connectivity index (χ0) is 23.3. The Labute approximate surface area is 183 Å². The zero-order valence-corrected chi connectivity index (χ0v) is 19.0. The van der Waals surface area contributed by atoms with Crippen molar-refractivity contribution in [2.45, 2.75) is 60.0 Å². The fraction of sp³-hybridized carbons (Fsp3) is 0.360. The van der Waals surface area contributed by atoms with Crippen LogP contribution in [0.2, 0.25) is 0 Å². The van der Waals surface area contributed by atoms with Gasteiger partial charge in [0.25, 0.3) is 0 Å². The minimum Gasteiger partial charge on any atom is -0.481 e. The largest absolute Gasteiger partial charge is 0.481 e. The van der Waals surface area contributed by atoms with E-state index in [0.29, 0.717) is 5.56 Å². The number of nitrogens with one attached hydrogen (secondary N) is 2. The normalized spacial score (nSPS) is 11.7. The number of hydrogen-bond acceptors (Lipinski definition) is 3. The average Bonchev–Trinajstić information content (AvgIpc) is 2.63. The van der Waals surface area contributed by atoms with Crippen molar-refractivity contribution in [3.63, 3.8) is 0 Å². The molecule has 0 unspecified atom stereocenters. The van der Waals surface area contributed by atoms with E-state index in [1.807, 2.05) is 59.7 Å². The van der Waals surface area contributed by atoms with Crippen LogP contribution in [0.4, 0.5) is 10.1 Å². The van der Waals surface area contributed by atoms with Crippen molar-refractivity contribution in [2.75, 3.05) is 5.32 Å². The van der Waals surface area contributed by atoms with Crippen LogP contribution in [0.25, 0.3) is 17.2 Å². The number of amides is 1. The lowest BCUT2D eigenvalue weighted by Crippen LogP contribution is -2.32. The van der Waals surface area contributed by atoms with E-state index in [0.717, 1.165) is 27.9 Å². The molecule has 0 heterocycles. The molecule has 2 aromatic carbocycles. The highest BCUT2D eigenvalue weighted by atomic mass is 19.1. The summed E-state index contributed by atoms with van der Waals surface area (Å²) in [6.45, 7) is 11.3. The summed E-state index contributed by atoms with van der Waals surface area (Å²) in [5.74, 6) is -1.80. The Balaban J connectivity index is 2.46. The topological polar surface area (TPSA) is 78.4 Å². The van der Waals surface area contributed by atoms with Crippen molar-refractivity contribution in [1.29, 1.82) is 0 Å². The number of rotatable bonds is 8. The van der Waals surface area contributed by atoms with Crippen LogP contribution in [0.5, 0.6) is 0 Å². The molecule has 0 bridgehead atoms. The van der Waals surface area contributed by atoms with Crippen LogP contribution in [-0.2, 0) is 9.59 Å². The molecule has 0 aliphatic heterocycles. The lowest BCUT2D eigenvalue weighted by molar-refractivity contribution is -0.137. The Morgan fingerprint density at radius 2 is 1.68 bits per heavy atom. The van der Waals surface area contributed by atoms with Crippen LogP contribution in [0.1, 0.15) is 50.8 Å². The summed E-state index contributed by atoms with van der Waals surface area (Å²) in [5.41, 5.74) is 4.54. The van der Waals surface area contributed by atoms with Crippen LogP contribution < -0.4 is 10.6 Å². The number of halogens is 1. The van der Waals surface area contributed by atoms with E-state index in [1.165, 1.54) is 6.07 Å². The molecule has 5 nitrogen and oxygen atoms in total. The fourth-order valence-corrected chi connectivity index (χ4v) is 3.34. The minimum atomic E-state index is -1.08. The number of carbonyl (C=O) groups excluding carboxylic acids is 1. The third-order valence-corrected chi connectivity index (χ3v) is 4.71. The zero-order valence-electron chi connectivity index (χ0n) is 19.0. The summed E-state index contributed by atoms with van der Waals surface area (Å²) in [4.78, 5) is 23.7. The molecule has 1 amide bonds. The second-order valence-electron chi connectivity index (χ2n) is 8.39. The van der Waals surface area contributed by atoms with Crippen molar-refractivity contribution in [2.24, 2.45) is 0 Å². The van der Waals surface area contributed by atoms with E-state index in [4.69, 9.17) is 0 Å². The lowest BCUT2D eigenvalue weighted by Gasteiger charge is -2.15. The Hall–Kier alpha value is -3.15. The van der Waals surface area contributed by atoms with Gasteiger partial charge in [-0.2, -0.15) is 0 Å². The van der Waals surface area contributed by atoms with Gasteiger partial charge in [0.05, 0.1) is 6.42 Å². The number of anilines is 1. The fourth-order valence-electron chi connectivity index (χ4n) is 3.34. The van der Waals surface area contributed by atoms with Gasteiger partial charge in [-0.25, -0.2) is 4.39 Å². The highest BCUT2D eigenvalue weighted by Crippen LogP contribution is 2.31. The number of carbonyl (C=O) groups is 2. The van der Waals surface area contributed by atoms with E-state index >= 15 is 0 Å². The van der Waals surface area contributed by atoms with Crippen LogP contribution >= 0.6 is 0 Å². The Morgan fingerprint density at radius 1 is 1.00 bits per heavy atom. The second kappa shape index (κ2) is 10.2. The van der Waals surface area contributed by atoms with E-state index in [9.17, 15) is 19.1 Å². The standard InChI is InChI=1S/C25H31FN2O3/c1-14(2)27-20-7-8-21(23(26)13-20)22-10-16(5)18(9-17(22)6)11-19(12-24(29)30)25(31)28-15(3)4/h7-11,13-15,27H,12H2,1-6H3,(H,28,31)(H,29,30). The van der Waals surface area contributed by atoms with Crippen molar-refractivity contribution in [3.8, 4) is 11.1 Å². The lowest BCUT2D eigenvalue weighted by atomic mass is 9.93. The molecule has 0 spiro atoms. The molecule has 0 aliphatic rings.